The highest BCUT2D eigenvalue weighted by Gasteiger charge is 2.22. The van der Waals surface area contributed by atoms with Crippen LogP contribution in [0.3, 0.4) is 0 Å². The maximum absolute atomic E-state index is 12.5. The second-order valence-corrected chi connectivity index (χ2v) is 6.80. The molecule has 23 heavy (non-hydrogen) atoms. The number of fused-ring (bicyclic) bond motifs is 1. The summed E-state index contributed by atoms with van der Waals surface area (Å²) in [6.07, 6.45) is 0. The van der Waals surface area contributed by atoms with Crippen LogP contribution in [0.1, 0.15) is 32.5 Å². The number of nitrogens with zero attached hydrogens (tertiary/aromatic N) is 1. The number of para-hydroxylation sites is 2. The molecule has 0 amide bonds. The SMILES string of the molecule is C[C@H](NSC(=O)OC(C)(C)C)C(=O)n1c(=O)[nH]c2ccccc21. The quantitative estimate of drug-likeness (QED) is 0.660. The van der Waals surface area contributed by atoms with Crippen molar-refractivity contribution in [2.75, 3.05) is 0 Å². The number of imidazole rings is 1. The Hall–Kier alpha value is -2.06. The molecule has 8 heteroatoms. The number of H-pyrrole nitrogens is 1. The highest BCUT2D eigenvalue weighted by molar-refractivity contribution is 8.11. The number of aromatic amines is 1. The number of aromatic nitrogens is 2. The minimum atomic E-state index is -0.746. The minimum absolute atomic E-state index is 0.455. The Kier molecular flexibility index (Phi) is 4.96. The molecule has 2 aromatic rings. The number of carbonyl (C=O) groups is 2. The second-order valence-electron chi connectivity index (χ2n) is 6.03. The monoisotopic (exact) mass is 337 g/mol. The maximum atomic E-state index is 12.5. The summed E-state index contributed by atoms with van der Waals surface area (Å²) in [5, 5.41) is -0.538. The van der Waals surface area contributed by atoms with Crippen molar-refractivity contribution in [3.8, 4) is 0 Å². The first-order chi connectivity index (χ1) is 10.7. The molecular weight excluding hydrogens is 318 g/mol. The molecule has 0 radical (unpaired) electrons. The molecule has 0 aliphatic carbocycles. The summed E-state index contributed by atoms with van der Waals surface area (Å²) in [5.41, 5.74) is -0.0318. The van der Waals surface area contributed by atoms with Gasteiger partial charge in [0.05, 0.1) is 17.1 Å². The van der Waals surface area contributed by atoms with Gasteiger partial charge in [-0.25, -0.2) is 18.9 Å². The molecule has 7 nitrogen and oxygen atoms in total. The number of ether oxygens (including phenoxy) is 1. The van der Waals surface area contributed by atoms with E-state index in [0.717, 1.165) is 4.57 Å². The van der Waals surface area contributed by atoms with Gasteiger partial charge in [0.15, 0.2) is 0 Å². The fourth-order valence-corrected chi connectivity index (χ4v) is 2.59. The molecule has 0 saturated heterocycles. The predicted octanol–water partition coefficient (Wildman–Crippen LogP) is 2.53. The average Bonchev–Trinajstić information content (AvgIpc) is 2.78. The van der Waals surface area contributed by atoms with E-state index in [1.807, 2.05) is 0 Å². The van der Waals surface area contributed by atoms with Crippen molar-refractivity contribution in [3.63, 3.8) is 0 Å². The van der Waals surface area contributed by atoms with Gasteiger partial charge in [-0.1, -0.05) is 12.1 Å². The first-order valence-corrected chi connectivity index (χ1v) is 7.90. The molecule has 0 aliphatic rings. The molecular formula is C15H19N3O4S. The summed E-state index contributed by atoms with van der Waals surface area (Å²) in [6, 6.07) is 6.16. The summed E-state index contributed by atoms with van der Waals surface area (Å²) >= 11 is 0.691. The Bertz CT molecular complexity index is 788. The Morgan fingerprint density at radius 2 is 1.96 bits per heavy atom. The highest BCUT2D eigenvalue weighted by Crippen LogP contribution is 2.14. The first-order valence-electron chi connectivity index (χ1n) is 7.08. The van der Waals surface area contributed by atoms with Crippen molar-refractivity contribution < 1.29 is 14.3 Å². The number of hydrogen-bond acceptors (Lipinski definition) is 6. The van der Waals surface area contributed by atoms with Crippen molar-refractivity contribution in [2.24, 2.45) is 0 Å². The standard InChI is InChI=1S/C15H19N3O4S/c1-9(17-23-14(21)22-15(2,3)4)12(19)18-11-8-6-5-7-10(11)16-13(18)20/h5-9,17H,1-4H3,(H,16,20)/t9-/m0/s1. The van der Waals surface area contributed by atoms with Gasteiger partial charge in [-0.15, -0.1) is 0 Å². The summed E-state index contributed by atoms with van der Waals surface area (Å²) < 4.78 is 8.89. The van der Waals surface area contributed by atoms with E-state index in [0.29, 0.717) is 23.0 Å². The van der Waals surface area contributed by atoms with Crippen molar-refractivity contribution in [1.82, 2.24) is 14.3 Å². The van der Waals surface area contributed by atoms with Gasteiger partial charge in [0.2, 0.25) is 0 Å². The lowest BCUT2D eigenvalue weighted by Crippen LogP contribution is -2.39. The van der Waals surface area contributed by atoms with E-state index in [9.17, 15) is 14.4 Å². The Balaban J connectivity index is 2.09. The van der Waals surface area contributed by atoms with E-state index in [4.69, 9.17) is 4.74 Å². The highest BCUT2D eigenvalue weighted by atomic mass is 32.2. The molecule has 0 spiro atoms. The summed E-state index contributed by atoms with van der Waals surface area (Å²) in [6.45, 7) is 6.84. The molecule has 1 heterocycles. The lowest BCUT2D eigenvalue weighted by Gasteiger charge is -2.19. The molecule has 0 saturated carbocycles. The molecule has 1 aromatic carbocycles. The van der Waals surface area contributed by atoms with Gasteiger partial charge >= 0.3 is 11.0 Å². The minimum Gasteiger partial charge on any atom is -0.451 e. The fourth-order valence-electron chi connectivity index (χ4n) is 1.93. The molecule has 1 atom stereocenters. The zero-order chi connectivity index (χ0) is 17.2. The number of nitrogens with one attached hydrogen (secondary N) is 2. The van der Waals surface area contributed by atoms with Gasteiger partial charge in [-0.05, 0) is 39.8 Å². The topological polar surface area (TPSA) is 93.2 Å². The van der Waals surface area contributed by atoms with Gasteiger partial charge < -0.3 is 9.72 Å². The Labute approximate surface area is 137 Å². The third-order valence-corrected chi connectivity index (χ3v) is 3.61. The molecule has 2 N–H and O–H groups in total. The van der Waals surface area contributed by atoms with E-state index < -0.39 is 28.5 Å². The third kappa shape index (κ3) is 4.23. The average molecular weight is 337 g/mol. The van der Waals surface area contributed by atoms with Crippen molar-refractivity contribution in [3.05, 3.63) is 34.7 Å². The van der Waals surface area contributed by atoms with Gasteiger partial charge in [0.1, 0.15) is 5.60 Å². The van der Waals surface area contributed by atoms with E-state index in [-0.39, 0.29) is 0 Å². The lowest BCUT2D eigenvalue weighted by atomic mass is 10.2. The maximum Gasteiger partial charge on any atom is 0.383 e. The van der Waals surface area contributed by atoms with Crippen LogP contribution in [0, 0.1) is 0 Å². The molecule has 2 rings (SSSR count). The first kappa shape index (κ1) is 17.3. The normalized spacial score (nSPS) is 13.0. The largest absolute Gasteiger partial charge is 0.451 e. The third-order valence-electron chi connectivity index (χ3n) is 2.89. The fraction of sp³-hybridized carbons (Fsp3) is 0.400. The van der Waals surface area contributed by atoms with Gasteiger partial charge in [0, 0.05) is 11.9 Å². The van der Waals surface area contributed by atoms with Crippen molar-refractivity contribution in [1.29, 1.82) is 0 Å². The van der Waals surface area contributed by atoms with Gasteiger partial charge in [0.25, 0.3) is 5.91 Å². The molecule has 0 bridgehead atoms. The van der Waals surface area contributed by atoms with E-state index in [1.54, 1.807) is 52.0 Å². The van der Waals surface area contributed by atoms with Crippen molar-refractivity contribution >= 4 is 34.2 Å². The Morgan fingerprint density at radius 3 is 2.61 bits per heavy atom. The van der Waals surface area contributed by atoms with Crippen LogP contribution < -0.4 is 10.4 Å². The molecule has 0 aliphatic heterocycles. The lowest BCUT2D eigenvalue weighted by molar-refractivity contribution is 0.0736. The van der Waals surface area contributed by atoms with Gasteiger partial charge in [-0.2, -0.15) is 0 Å². The van der Waals surface area contributed by atoms with Crippen LogP contribution >= 0.6 is 11.9 Å². The van der Waals surface area contributed by atoms with E-state index in [2.05, 4.69) is 9.71 Å². The summed E-state index contributed by atoms with van der Waals surface area (Å²) in [5.74, 6) is -0.455. The van der Waals surface area contributed by atoms with Crippen LogP contribution in [0.25, 0.3) is 11.0 Å². The molecule has 124 valence electrons. The van der Waals surface area contributed by atoms with E-state index >= 15 is 0 Å². The molecule has 0 fully saturated rings. The number of carbonyl (C=O) groups excluding carboxylic acids is 2. The van der Waals surface area contributed by atoms with Crippen molar-refractivity contribution in [2.45, 2.75) is 39.3 Å². The summed E-state index contributed by atoms with van der Waals surface area (Å²) in [4.78, 5) is 38.7. The van der Waals surface area contributed by atoms with Crippen LogP contribution in [-0.2, 0) is 4.74 Å². The second kappa shape index (κ2) is 6.59. The van der Waals surface area contributed by atoms with Crippen LogP contribution in [0.2, 0.25) is 0 Å². The number of rotatable bonds is 3. The van der Waals surface area contributed by atoms with Crippen LogP contribution in [0.4, 0.5) is 4.79 Å². The number of benzene rings is 1. The number of hydrogen-bond donors (Lipinski definition) is 2. The summed E-state index contributed by atoms with van der Waals surface area (Å²) in [7, 11) is 0. The van der Waals surface area contributed by atoms with Crippen LogP contribution in [0.15, 0.2) is 29.1 Å². The predicted molar refractivity (Wildman–Crippen MR) is 89.6 cm³/mol. The smallest absolute Gasteiger partial charge is 0.383 e. The van der Waals surface area contributed by atoms with Crippen LogP contribution in [0.5, 0.6) is 0 Å². The van der Waals surface area contributed by atoms with E-state index in [1.165, 1.54) is 0 Å². The van der Waals surface area contributed by atoms with Gasteiger partial charge in [-0.3, -0.25) is 4.79 Å². The Morgan fingerprint density at radius 1 is 1.30 bits per heavy atom. The molecule has 1 aromatic heterocycles. The molecule has 0 unspecified atom stereocenters. The zero-order valence-corrected chi connectivity index (χ0v) is 14.2. The zero-order valence-electron chi connectivity index (χ0n) is 13.4. The van der Waals surface area contributed by atoms with Crippen LogP contribution in [-0.4, -0.2) is 32.4 Å².